The first-order valence-electron chi connectivity index (χ1n) is 8.67. The number of nitrogens with one attached hydrogen (secondary N) is 1. The average Bonchev–Trinajstić information content (AvgIpc) is 2.59. The maximum atomic E-state index is 12.5. The van der Waals surface area contributed by atoms with Crippen LogP contribution in [0.2, 0.25) is 0 Å². The minimum atomic E-state index is -3.58. The molecule has 0 spiro atoms. The highest BCUT2D eigenvalue weighted by Gasteiger charge is 2.21. The number of benzene rings is 2. The molecular formula is C20H26N2O3S. The average molecular weight is 375 g/mol. The molecule has 0 saturated heterocycles. The van der Waals surface area contributed by atoms with Gasteiger partial charge in [-0.2, -0.15) is 0 Å². The molecule has 26 heavy (non-hydrogen) atoms. The number of anilines is 2. The smallest absolute Gasteiger partial charge is 0.245 e. The van der Waals surface area contributed by atoms with Crippen LogP contribution in [-0.2, 0) is 21.2 Å². The Morgan fingerprint density at radius 1 is 1.08 bits per heavy atom. The van der Waals surface area contributed by atoms with Crippen molar-refractivity contribution in [2.45, 2.75) is 33.1 Å². The van der Waals surface area contributed by atoms with Gasteiger partial charge in [0.1, 0.15) is 6.54 Å². The van der Waals surface area contributed by atoms with Crippen molar-refractivity contribution in [3.05, 3.63) is 59.7 Å². The van der Waals surface area contributed by atoms with Gasteiger partial charge < -0.3 is 5.32 Å². The Hall–Kier alpha value is -2.34. The fraction of sp³-hybridized carbons (Fsp3) is 0.350. The SMILES string of the molecule is CCc1ccccc1NC(=O)CN(c1ccc(C(C)C)cc1)S(C)(=O)=O. The molecule has 5 nitrogen and oxygen atoms in total. The number of sulfonamides is 1. The number of carbonyl (C=O) groups excluding carboxylic acids is 1. The predicted molar refractivity (Wildman–Crippen MR) is 107 cm³/mol. The third-order valence-electron chi connectivity index (χ3n) is 4.21. The number of amides is 1. The lowest BCUT2D eigenvalue weighted by Crippen LogP contribution is -2.37. The number of hydrogen-bond donors (Lipinski definition) is 1. The first-order chi connectivity index (χ1) is 12.2. The van der Waals surface area contributed by atoms with E-state index in [1.54, 1.807) is 12.1 Å². The molecule has 0 fully saturated rings. The van der Waals surface area contributed by atoms with Gasteiger partial charge >= 0.3 is 0 Å². The van der Waals surface area contributed by atoms with E-state index in [1.165, 1.54) is 0 Å². The number of nitrogens with zero attached hydrogens (tertiary/aromatic N) is 1. The summed E-state index contributed by atoms with van der Waals surface area (Å²) in [5.74, 6) is -0.0196. The van der Waals surface area contributed by atoms with E-state index in [4.69, 9.17) is 0 Å². The molecule has 0 saturated carbocycles. The molecule has 0 aliphatic carbocycles. The van der Waals surface area contributed by atoms with E-state index in [0.717, 1.165) is 28.1 Å². The van der Waals surface area contributed by atoms with Crippen molar-refractivity contribution in [1.29, 1.82) is 0 Å². The van der Waals surface area contributed by atoms with E-state index < -0.39 is 10.0 Å². The lowest BCUT2D eigenvalue weighted by molar-refractivity contribution is -0.114. The molecular weight excluding hydrogens is 348 g/mol. The van der Waals surface area contributed by atoms with Crippen LogP contribution < -0.4 is 9.62 Å². The molecule has 1 N–H and O–H groups in total. The quantitative estimate of drug-likeness (QED) is 0.802. The lowest BCUT2D eigenvalue weighted by atomic mass is 10.0. The second-order valence-corrected chi connectivity index (χ2v) is 8.48. The molecule has 0 atom stereocenters. The third-order valence-corrected chi connectivity index (χ3v) is 5.35. The van der Waals surface area contributed by atoms with Crippen LogP contribution in [0.25, 0.3) is 0 Å². The van der Waals surface area contributed by atoms with E-state index in [0.29, 0.717) is 17.3 Å². The normalized spacial score (nSPS) is 11.4. The van der Waals surface area contributed by atoms with Gasteiger partial charge in [-0.1, -0.05) is 51.1 Å². The van der Waals surface area contributed by atoms with Crippen molar-refractivity contribution in [1.82, 2.24) is 0 Å². The number of aryl methyl sites for hydroxylation is 1. The topological polar surface area (TPSA) is 66.5 Å². The Balaban J connectivity index is 2.21. The molecule has 0 bridgehead atoms. The van der Waals surface area contributed by atoms with Crippen molar-refractivity contribution in [3.8, 4) is 0 Å². The predicted octanol–water partition coefficient (Wildman–Crippen LogP) is 3.78. The summed E-state index contributed by atoms with van der Waals surface area (Å²) in [6.07, 6.45) is 1.89. The molecule has 2 rings (SSSR count). The van der Waals surface area contributed by atoms with Gasteiger partial charge in [0.2, 0.25) is 15.9 Å². The summed E-state index contributed by atoms with van der Waals surface area (Å²) in [5, 5.41) is 2.82. The number of para-hydroxylation sites is 1. The number of carbonyl (C=O) groups is 1. The third kappa shape index (κ3) is 5.08. The Labute approximate surface area is 156 Å². The summed E-state index contributed by atoms with van der Waals surface area (Å²) in [6, 6.07) is 14.8. The lowest BCUT2D eigenvalue weighted by Gasteiger charge is -2.22. The van der Waals surface area contributed by atoms with E-state index in [2.05, 4.69) is 19.2 Å². The van der Waals surface area contributed by atoms with Gasteiger partial charge in [0.25, 0.3) is 0 Å². The fourth-order valence-corrected chi connectivity index (χ4v) is 3.55. The minimum Gasteiger partial charge on any atom is -0.324 e. The Bertz CT molecular complexity index is 859. The summed E-state index contributed by atoms with van der Waals surface area (Å²) >= 11 is 0. The van der Waals surface area contributed by atoms with Crippen molar-refractivity contribution < 1.29 is 13.2 Å². The van der Waals surface area contributed by atoms with Crippen molar-refractivity contribution >= 4 is 27.3 Å². The monoisotopic (exact) mass is 374 g/mol. The van der Waals surface area contributed by atoms with Gasteiger partial charge in [0, 0.05) is 5.69 Å². The Morgan fingerprint density at radius 2 is 1.69 bits per heavy atom. The van der Waals surface area contributed by atoms with Gasteiger partial charge in [0.05, 0.1) is 11.9 Å². The van der Waals surface area contributed by atoms with Gasteiger partial charge in [-0.05, 0) is 41.7 Å². The van der Waals surface area contributed by atoms with E-state index in [-0.39, 0.29) is 12.5 Å². The summed E-state index contributed by atoms with van der Waals surface area (Å²) in [7, 11) is -3.58. The van der Waals surface area contributed by atoms with Crippen LogP contribution in [0.3, 0.4) is 0 Å². The highest BCUT2D eigenvalue weighted by Crippen LogP contribution is 2.22. The van der Waals surface area contributed by atoms with E-state index in [9.17, 15) is 13.2 Å². The molecule has 2 aromatic rings. The summed E-state index contributed by atoms with van der Waals surface area (Å²) in [6.45, 7) is 5.88. The van der Waals surface area contributed by atoms with E-state index in [1.807, 2.05) is 43.3 Å². The first-order valence-corrected chi connectivity index (χ1v) is 10.5. The largest absolute Gasteiger partial charge is 0.324 e. The minimum absolute atomic E-state index is 0.266. The zero-order valence-electron chi connectivity index (χ0n) is 15.7. The number of rotatable bonds is 7. The second-order valence-electron chi connectivity index (χ2n) is 6.57. The summed E-state index contributed by atoms with van der Waals surface area (Å²) in [5.41, 5.74) is 3.32. The second kappa shape index (κ2) is 8.36. The van der Waals surface area contributed by atoms with Crippen LogP contribution >= 0.6 is 0 Å². The Kier molecular flexibility index (Phi) is 6.42. The highest BCUT2D eigenvalue weighted by atomic mass is 32.2. The van der Waals surface area contributed by atoms with Gasteiger partial charge in [-0.3, -0.25) is 9.10 Å². The first kappa shape index (κ1) is 20.0. The molecule has 2 aromatic carbocycles. The molecule has 0 aromatic heterocycles. The van der Waals surface area contributed by atoms with Crippen LogP contribution in [0.15, 0.2) is 48.5 Å². The highest BCUT2D eigenvalue weighted by molar-refractivity contribution is 7.92. The zero-order valence-corrected chi connectivity index (χ0v) is 16.5. The molecule has 0 unspecified atom stereocenters. The molecule has 140 valence electrons. The van der Waals surface area contributed by atoms with Crippen LogP contribution in [0.1, 0.15) is 37.8 Å². The zero-order chi connectivity index (χ0) is 19.3. The van der Waals surface area contributed by atoms with Gasteiger partial charge in [0.15, 0.2) is 0 Å². The van der Waals surface area contributed by atoms with Crippen LogP contribution in [0.4, 0.5) is 11.4 Å². The van der Waals surface area contributed by atoms with Crippen LogP contribution in [0.5, 0.6) is 0 Å². The van der Waals surface area contributed by atoms with Crippen molar-refractivity contribution in [2.24, 2.45) is 0 Å². The van der Waals surface area contributed by atoms with Gasteiger partial charge in [-0.15, -0.1) is 0 Å². The van der Waals surface area contributed by atoms with Crippen LogP contribution in [0, 0.1) is 0 Å². The van der Waals surface area contributed by atoms with Crippen molar-refractivity contribution in [2.75, 3.05) is 22.4 Å². The molecule has 1 amide bonds. The number of hydrogen-bond acceptors (Lipinski definition) is 3. The fourth-order valence-electron chi connectivity index (χ4n) is 2.70. The molecule has 0 heterocycles. The van der Waals surface area contributed by atoms with Crippen LogP contribution in [-0.4, -0.2) is 27.1 Å². The Morgan fingerprint density at radius 3 is 2.23 bits per heavy atom. The summed E-state index contributed by atoms with van der Waals surface area (Å²) < 4.78 is 25.5. The standard InChI is InChI=1S/C20H26N2O3S/c1-5-16-8-6-7-9-19(16)21-20(23)14-22(26(4,24)25)18-12-10-17(11-13-18)15(2)3/h6-13,15H,5,14H2,1-4H3,(H,21,23). The maximum absolute atomic E-state index is 12.5. The van der Waals surface area contributed by atoms with Crippen molar-refractivity contribution in [3.63, 3.8) is 0 Å². The molecule has 0 aliphatic heterocycles. The molecule has 0 aliphatic rings. The van der Waals surface area contributed by atoms with E-state index >= 15 is 0 Å². The molecule has 6 heteroatoms. The maximum Gasteiger partial charge on any atom is 0.245 e. The van der Waals surface area contributed by atoms with Gasteiger partial charge in [-0.25, -0.2) is 8.42 Å². The molecule has 0 radical (unpaired) electrons. The summed E-state index contributed by atoms with van der Waals surface area (Å²) in [4.78, 5) is 12.5.